The standard InChI is InChI=1S/C14H19N3O3/c1-3-15-11-6-5-9-16(14(11)18)12-7-4-8-13(10(12)2)17(19)20/h4,7-8,11,15H,3,5-6,9H2,1-2H3. The maximum absolute atomic E-state index is 12.4. The van der Waals surface area contributed by atoms with Crippen molar-refractivity contribution < 1.29 is 9.72 Å². The maximum Gasteiger partial charge on any atom is 0.274 e. The smallest absolute Gasteiger partial charge is 0.274 e. The van der Waals surface area contributed by atoms with E-state index < -0.39 is 4.92 Å². The van der Waals surface area contributed by atoms with Gasteiger partial charge < -0.3 is 10.2 Å². The number of piperidine rings is 1. The van der Waals surface area contributed by atoms with Gasteiger partial charge >= 0.3 is 0 Å². The van der Waals surface area contributed by atoms with E-state index in [2.05, 4.69) is 5.32 Å². The molecule has 0 bridgehead atoms. The van der Waals surface area contributed by atoms with Gasteiger partial charge in [-0.15, -0.1) is 0 Å². The largest absolute Gasteiger partial charge is 0.311 e. The predicted octanol–water partition coefficient (Wildman–Crippen LogP) is 2.01. The molecule has 108 valence electrons. The van der Waals surface area contributed by atoms with Crippen molar-refractivity contribution in [2.45, 2.75) is 32.7 Å². The zero-order valence-corrected chi connectivity index (χ0v) is 11.8. The predicted molar refractivity (Wildman–Crippen MR) is 76.9 cm³/mol. The summed E-state index contributed by atoms with van der Waals surface area (Å²) in [6.45, 7) is 5.00. The zero-order chi connectivity index (χ0) is 14.7. The number of nitro benzene ring substituents is 1. The van der Waals surface area contributed by atoms with E-state index in [0.29, 0.717) is 17.8 Å². The lowest BCUT2D eigenvalue weighted by Crippen LogP contribution is -2.51. The second kappa shape index (κ2) is 6.00. The molecule has 20 heavy (non-hydrogen) atoms. The Morgan fingerprint density at radius 2 is 2.25 bits per heavy atom. The summed E-state index contributed by atoms with van der Waals surface area (Å²) in [4.78, 5) is 24.7. The minimum atomic E-state index is -0.408. The Hall–Kier alpha value is -1.95. The summed E-state index contributed by atoms with van der Waals surface area (Å²) in [6.07, 6.45) is 1.71. The summed E-state index contributed by atoms with van der Waals surface area (Å²) < 4.78 is 0. The van der Waals surface area contributed by atoms with Crippen LogP contribution in [0.5, 0.6) is 0 Å². The highest BCUT2D eigenvalue weighted by molar-refractivity contribution is 5.99. The number of nitrogens with one attached hydrogen (secondary N) is 1. The highest BCUT2D eigenvalue weighted by atomic mass is 16.6. The van der Waals surface area contributed by atoms with Crippen LogP contribution in [0.25, 0.3) is 0 Å². The minimum Gasteiger partial charge on any atom is -0.311 e. The second-order valence-electron chi connectivity index (χ2n) is 4.92. The summed E-state index contributed by atoms with van der Waals surface area (Å²) in [5.74, 6) is 0.00157. The molecule has 1 fully saturated rings. The zero-order valence-electron chi connectivity index (χ0n) is 11.8. The van der Waals surface area contributed by atoms with Gasteiger partial charge in [0.1, 0.15) is 0 Å². The van der Waals surface area contributed by atoms with E-state index in [0.717, 1.165) is 19.4 Å². The molecule has 2 rings (SSSR count). The normalized spacial score (nSPS) is 19.2. The fourth-order valence-electron chi connectivity index (χ4n) is 2.65. The lowest BCUT2D eigenvalue weighted by molar-refractivity contribution is -0.385. The number of anilines is 1. The Morgan fingerprint density at radius 1 is 1.50 bits per heavy atom. The molecule has 6 nitrogen and oxygen atoms in total. The summed E-state index contributed by atoms with van der Waals surface area (Å²) in [5, 5.41) is 14.2. The van der Waals surface area contributed by atoms with Crippen LogP contribution in [-0.2, 0) is 4.79 Å². The van der Waals surface area contributed by atoms with Crippen molar-refractivity contribution >= 4 is 17.3 Å². The summed E-state index contributed by atoms with van der Waals surface area (Å²) in [7, 11) is 0. The first kappa shape index (κ1) is 14.5. The molecule has 0 radical (unpaired) electrons. The fourth-order valence-corrected chi connectivity index (χ4v) is 2.65. The quantitative estimate of drug-likeness (QED) is 0.674. The summed E-state index contributed by atoms with van der Waals surface area (Å²) in [6, 6.07) is 4.68. The fraction of sp³-hybridized carbons (Fsp3) is 0.500. The van der Waals surface area contributed by atoms with E-state index in [1.165, 1.54) is 6.07 Å². The average Bonchev–Trinajstić information content (AvgIpc) is 2.42. The summed E-state index contributed by atoms with van der Waals surface area (Å²) >= 11 is 0. The Labute approximate surface area is 117 Å². The van der Waals surface area contributed by atoms with Crippen LogP contribution in [0, 0.1) is 17.0 Å². The van der Waals surface area contributed by atoms with Crippen molar-refractivity contribution in [2.75, 3.05) is 18.0 Å². The Morgan fingerprint density at radius 3 is 2.90 bits per heavy atom. The molecule has 0 aliphatic carbocycles. The molecular weight excluding hydrogens is 258 g/mol. The Bertz CT molecular complexity index is 528. The average molecular weight is 277 g/mol. The SMILES string of the molecule is CCNC1CCCN(c2cccc([N+](=O)[O-])c2C)C1=O. The van der Waals surface area contributed by atoms with Gasteiger partial charge in [-0.25, -0.2) is 0 Å². The molecule has 1 aromatic rings. The first-order valence-electron chi connectivity index (χ1n) is 6.85. The van der Waals surface area contributed by atoms with E-state index >= 15 is 0 Å². The van der Waals surface area contributed by atoms with Crippen molar-refractivity contribution in [1.82, 2.24) is 5.32 Å². The molecule has 0 saturated carbocycles. The highest BCUT2D eigenvalue weighted by Crippen LogP contribution is 2.30. The number of carbonyl (C=O) groups is 1. The van der Waals surface area contributed by atoms with E-state index in [9.17, 15) is 14.9 Å². The number of benzene rings is 1. The molecule has 1 saturated heterocycles. The van der Waals surface area contributed by atoms with E-state index in [1.54, 1.807) is 24.0 Å². The van der Waals surface area contributed by atoms with Crippen LogP contribution >= 0.6 is 0 Å². The van der Waals surface area contributed by atoms with Gasteiger partial charge in [0.15, 0.2) is 0 Å². The van der Waals surface area contributed by atoms with Crippen molar-refractivity contribution in [3.05, 3.63) is 33.9 Å². The van der Waals surface area contributed by atoms with Gasteiger partial charge in [-0.05, 0) is 32.4 Å². The number of nitrogens with zero attached hydrogens (tertiary/aromatic N) is 2. The van der Waals surface area contributed by atoms with Crippen LogP contribution < -0.4 is 10.2 Å². The lowest BCUT2D eigenvalue weighted by Gasteiger charge is -2.33. The van der Waals surface area contributed by atoms with Crippen LogP contribution in [0.1, 0.15) is 25.3 Å². The topological polar surface area (TPSA) is 75.5 Å². The molecule has 0 aromatic heterocycles. The van der Waals surface area contributed by atoms with Gasteiger partial charge in [0.05, 0.1) is 22.2 Å². The number of likely N-dealkylation sites (N-methyl/N-ethyl adjacent to an activating group) is 1. The van der Waals surface area contributed by atoms with E-state index in [4.69, 9.17) is 0 Å². The van der Waals surface area contributed by atoms with Crippen LogP contribution in [0.15, 0.2) is 18.2 Å². The monoisotopic (exact) mass is 277 g/mol. The number of rotatable bonds is 4. The number of carbonyl (C=O) groups excluding carboxylic acids is 1. The third kappa shape index (κ3) is 2.65. The van der Waals surface area contributed by atoms with Gasteiger partial charge in [0, 0.05) is 12.6 Å². The van der Waals surface area contributed by atoms with Crippen molar-refractivity contribution in [3.63, 3.8) is 0 Å². The minimum absolute atomic E-state index is 0.00157. The molecule has 1 heterocycles. The van der Waals surface area contributed by atoms with Gasteiger partial charge in [-0.2, -0.15) is 0 Å². The third-order valence-electron chi connectivity index (χ3n) is 3.65. The number of nitro groups is 1. The molecule has 1 aliphatic heterocycles. The highest BCUT2D eigenvalue weighted by Gasteiger charge is 2.30. The number of amides is 1. The molecule has 1 amide bonds. The molecule has 1 aromatic carbocycles. The molecule has 6 heteroatoms. The van der Waals surface area contributed by atoms with Crippen molar-refractivity contribution in [1.29, 1.82) is 0 Å². The van der Waals surface area contributed by atoms with Crippen molar-refractivity contribution in [3.8, 4) is 0 Å². The molecule has 0 spiro atoms. The first-order valence-corrected chi connectivity index (χ1v) is 6.85. The van der Waals surface area contributed by atoms with Gasteiger partial charge in [0.2, 0.25) is 5.91 Å². The Kier molecular flexibility index (Phi) is 4.34. The van der Waals surface area contributed by atoms with Gasteiger partial charge in [-0.1, -0.05) is 13.0 Å². The van der Waals surface area contributed by atoms with Gasteiger partial charge in [-0.3, -0.25) is 14.9 Å². The molecule has 1 unspecified atom stereocenters. The lowest BCUT2D eigenvalue weighted by atomic mass is 10.0. The molecular formula is C14H19N3O3. The summed E-state index contributed by atoms with van der Waals surface area (Å²) in [5.41, 5.74) is 1.25. The number of hydrogen-bond donors (Lipinski definition) is 1. The maximum atomic E-state index is 12.4. The third-order valence-corrected chi connectivity index (χ3v) is 3.65. The van der Waals surface area contributed by atoms with Crippen LogP contribution in [0.3, 0.4) is 0 Å². The van der Waals surface area contributed by atoms with Crippen molar-refractivity contribution in [2.24, 2.45) is 0 Å². The molecule has 1 N–H and O–H groups in total. The van der Waals surface area contributed by atoms with Gasteiger partial charge in [0.25, 0.3) is 5.69 Å². The van der Waals surface area contributed by atoms with E-state index in [-0.39, 0.29) is 17.6 Å². The van der Waals surface area contributed by atoms with Crippen LogP contribution in [0.4, 0.5) is 11.4 Å². The first-order chi connectivity index (χ1) is 9.56. The number of hydrogen-bond acceptors (Lipinski definition) is 4. The molecule has 1 atom stereocenters. The molecule has 1 aliphatic rings. The van der Waals surface area contributed by atoms with Crippen LogP contribution in [0.2, 0.25) is 0 Å². The van der Waals surface area contributed by atoms with E-state index in [1.807, 2.05) is 6.92 Å². The second-order valence-corrected chi connectivity index (χ2v) is 4.92. The Balaban J connectivity index is 2.33. The van der Waals surface area contributed by atoms with Crippen LogP contribution in [-0.4, -0.2) is 30.0 Å².